The molecule has 0 bridgehead atoms. The van der Waals surface area contributed by atoms with Gasteiger partial charge in [0.2, 0.25) is 0 Å². The molecule has 0 aliphatic carbocycles. The molecule has 1 aromatic heterocycles. The van der Waals surface area contributed by atoms with E-state index in [2.05, 4.69) is 49.5 Å². The molecule has 0 saturated carbocycles. The minimum absolute atomic E-state index is 0.396. The van der Waals surface area contributed by atoms with Crippen LogP contribution in [0.4, 0.5) is 0 Å². The fourth-order valence-corrected chi connectivity index (χ4v) is 2.73. The van der Waals surface area contributed by atoms with Crippen LogP contribution in [0.25, 0.3) is 0 Å². The van der Waals surface area contributed by atoms with E-state index < -0.39 is 0 Å². The second kappa shape index (κ2) is 5.56. The Balaban J connectivity index is 2.94. The van der Waals surface area contributed by atoms with Crippen molar-refractivity contribution in [1.29, 1.82) is 0 Å². The predicted molar refractivity (Wildman–Crippen MR) is 65.3 cm³/mol. The maximum absolute atomic E-state index is 4.23. The van der Waals surface area contributed by atoms with Crippen molar-refractivity contribution in [3.8, 4) is 0 Å². The van der Waals surface area contributed by atoms with Crippen molar-refractivity contribution < 1.29 is 0 Å². The fourth-order valence-electron chi connectivity index (χ4n) is 1.67. The van der Waals surface area contributed by atoms with Gasteiger partial charge in [0.1, 0.15) is 0 Å². The van der Waals surface area contributed by atoms with Crippen LogP contribution in [0.2, 0.25) is 0 Å². The maximum atomic E-state index is 4.23. The summed E-state index contributed by atoms with van der Waals surface area (Å²) in [6.07, 6.45) is 0. The molecule has 1 aromatic rings. The number of rotatable bonds is 5. The number of nitrogens with one attached hydrogen (secondary N) is 1. The lowest BCUT2D eigenvalue weighted by molar-refractivity contribution is 0.423. The first-order valence-corrected chi connectivity index (χ1v) is 6.40. The highest BCUT2D eigenvalue weighted by Gasteiger charge is 2.22. The first kappa shape index (κ1) is 12.6. The molecule has 0 spiro atoms. The third-order valence-corrected chi connectivity index (χ3v) is 3.28. The van der Waals surface area contributed by atoms with Crippen LogP contribution in [0.5, 0.6) is 0 Å². The molecule has 1 rings (SSSR count). The highest BCUT2D eigenvalue weighted by molar-refractivity contribution is 7.05. The molecule has 1 atom stereocenters. The Hall–Kier alpha value is -0.480. The van der Waals surface area contributed by atoms with Gasteiger partial charge in [0.05, 0.1) is 10.6 Å². The molecule has 1 unspecified atom stereocenters. The Morgan fingerprint density at radius 2 is 1.93 bits per heavy atom. The van der Waals surface area contributed by atoms with Gasteiger partial charge in [0.25, 0.3) is 0 Å². The summed E-state index contributed by atoms with van der Waals surface area (Å²) in [5, 5.41) is 7.74. The van der Waals surface area contributed by atoms with E-state index in [4.69, 9.17) is 0 Å². The average Bonchev–Trinajstić information content (AvgIpc) is 2.61. The van der Waals surface area contributed by atoms with Crippen molar-refractivity contribution in [2.45, 2.75) is 46.6 Å². The molecule has 15 heavy (non-hydrogen) atoms. The quantitative estimate of drug-likeness (QED) is 0.840. The second-order valence-corrected chi connectivity index (χ2v) is 5.24. The zero-order valence-electron chi connectivity index (χ0n) is 10.2. The Labute approximate surface area is 96.5 Å². The molecule has 1 N–H and O–H groups in total. The molecule has 1 heterocycles. The third-order valence-electron chi connectivity index (χ3n) is 2.46. The topological polar surface area (TPSA) is 37.8 Å². The smallest absolute Gasteiger partial charge is 0.0829 e. The van der Waals surface area contributed by atoms with Gasteiger partial charge in [-0.3, -0.25) is 0 Å². The van der Waals surface area contributed by atoms with Crippen LogP contribution in [-0.2, 0) is 0 Å². The van der Waals surface area contributed by atoms with E-state index in [1.165, 1.54) is 16.4 Å². The summed E-state index contributed by atoms with van der Waals surface area (Å²) < 4.78 is 4.08. The number of nitrogens with zero attached hydrogens (tertiary/aromatic N) is 2. The van der Waals surface area contributed by atoms with Crippen molar-refractivity contribution >= 4 is 11.5 Å². The minimum Gasteiger partial charge on any atom is -0.309 e. The SMILES string of the molecule is CCNC(c1snnc1C(C)C)C(C)C. The van der Waals surface area contributed by atoms with Crippen LogP contribution in [0.3, 0.4) is 0 Å². The van der Waals surface area contributed by atoms with Crippen molar-refractivity contribution in [3.63, 3.8) is 0 Å². The second-order valence-electron chi connectivity index (χ2n) is 4.46. The van der Waals surface area contributed by atoms with Crippen LogP contribution >= 0.6 is 11.5 Å². The largest absolute Gasteiger partial charge is 0.309 e. The normalized spacial score (nSPS) is 13.8. The van der Waals surface area contributed by atoms with Crippen molar-refractivity contribution in [2.24, 2.45) is 5.92 Å². The van der Waals surface area contributed by atoms with E-state index >= 15 is 0 Å². The Morgan fingerprint density at radius 1 is 1.27 bits per heavy atom. The lowest BCUT2D eigenvalue weighted by Crippen LogP contribution is -2.25. The van der Waals surface area contributed by atoms with Gasteiger partial charge in [0, 0.05) is 6.04 Å². The summed E-state index contributed by atoms with van der Waals surface area (Å²) in [6, 6.07) is 0.396. The zero-order valence-corrected chi connectivity index (χ0v) is 11.1. The first-order valence-electron chi connectivity index (χ1n) is 5.63. The van der Waals surface area contributed by atoms with Gasteiger partial charge in [-0.2, -0.15) is 0 Å². The highest BCUT2D eigenvalue weighted by Crippen LogP contribution is 2.30. The van der Waals surface area contributed by atoms with Crippen LogP contribution in [0, 0.1) is 5.92 Å². The Bertz CT molecular complexity index is 294. The molecule has 0 fully saturated rings. The summed E-state index contributed by atoms with van der Waals surface area (Å²) in [5.74, 6) is 1.03. The third kappa shape index (κ3) is 2.98. The lowest BCUT2D eigenvalue weighted by Gasteiger charge is -2.21. The summed E-state index contributed by atoms with van der Waals surface area (Å²) in [4.78, 5) is 1.31. The van der Waals surface area contributed by atoms with Crippen LogP contribution in [-0.4, -0.2) is 16.1 Å². The van der Waals surface area contributed by atoms with E-state index in [1.54, 1.807) is 0 Å². The molecule has 86 valence electrons. The minimum atomic E-state index is 0.396. The summed E-state index contributed by atoms with van der Waals surface area (Å²) in [5.41, 5.74) is 1.15. The van der Waals surface area contributed by atoms with Crippen molar-refractivity contribution in [3.05, 3.63) is 10.6 Å². The maximum Gasteiger partial charge on any atom is 0.0829 e. The van der Waals surface area contributed by atoms with E-state index in [1.807, 2.05) is 0 Å². The number of hydrogen-bond donors (Lipinski definition) is 1. The molecule has 0 aliphatic heterocycles. The summed E-state index contributed by atoms with van der Waals surface area (Å²) >= 11 is 1.53. The first-order chi connectivity index (χ1) is 7.07. The van der Waals surface area contributed by atoms with Gasteiger partial charge in [-0.1, -0.05) is 39.1 Å². The van der Waals surface area contributed by atoms with E-state index in [0.29, 0.717) is 17.9 Å². The Kier molecular flexibility index (Phi) is 4.67. The summed E-state index contributed by atoms with van der Waals surface area (Å²) in [6.45, 7) is 11.9. The highest BCUT2D eigenvalue weighted by atomic mass is 32.1. The number of aromatic nitrogens is 2. The van der Waals surface area contributed by atoms with Crippen LogP contribution in [0.1, 0.15) is 57.1 Å². The van der Waals surface area contributed by atoms with Crippen LogP contribution < -0.4 is 5.32 Å². The standard InChI is InChI=1S/C11H21N3S/c1-6-12-9(7(2)3)11-10(8(4)5)13-14-15-11/h7-9,12H,6H2,1-5H3. The molecule has 0 amide bonds. The molecular formula is C11H21N3S. The van der Waals surface area contributed by atoms with Gasteiger partial charge >= 0.3 is 0 Å². The van der Waals surface area contributed by atoms with E-state index in [0.717, 1.165) is 12.2 Å². The molecule has 0 aromatic carbocycles. The van der Waals surface area contributed by atoms with Crippen molar-refractivity contribution in [1.82, 2.24) is 14.9 Å². The lowest BCUT2D eigenvalue weighted by atomic mass is 9.98. The fraction of sp³-hybridized carbons (Fsp3) is 0.818. The van der Waals surface area contributed by atoms with Gasteiger partial charge in [-0.15, -0.1) is 5.10 Å². The van der Waals surface area contributed by atoms with Crippen LogP contribution in [0.15, 0.2) is 0 Å². The van der Waals surface area contributed by atoms with Crippen molar-refractivity contribution in [2.75, 3.05) is 6.54 Å². The average molecular weight is 227 g/mol. The molecule has 4 heteroatoms. The Morgan fingerprint density at radius 3 is 2.40 bits per heavy atom. The summed E-state index contributed by atoms with van der Waals surface area (Å²) in [7, 11) is 0. The monoisotopic (exact) mass is 227 g/mol. The van der Waals surface area contributed by atoms with E-state index in [9.17, 15) is 0 Å². The molecule has 0 saturated heterocycles. The number of hydrogen-bond acceptors (Lipinski definition) is 4. The van der Waals surface area contributed by atoms with Gasteiger partial charge < -0.3 is 5.32 Å². The predicted octanol–water partition coefficient (Wildman–Crippen LogP) is 2.97. The molecular weight excluding hydrogens is 206 g/mol. The van der Waals surface area contributed by atoms with Gasteiger partial charge in [0.15, 0.2) is 0 Å². The molecule has 3 nitrogen and oxygen atoms in total. The van der Waals surface area contributed by atoms with E-state index in [-0.39, 0.29) is 0 Å². The van der Waals surface area contributed by atoms with Gasteiger partial charge in [-0.25, -0.2) is 0 Å². The molecule has 0 aliphatic rings. The zero-order chi connectivity index (χ0) is 11.4. The molecule has 0 radical (unpaired) electrons. The van der Waals surface area contributed by atoms with Gasteiger partial charge in [-0.05, 0) is 29.9 Å².